The monoisotopic (exact) mass is 428 g/mol. The van der Waals surface area contributed by atoms with Crippen molar-refractivity contribution in [2.45, 2.75) is 7.59 Å². The lowest BCUT2D eigenvalue weighted by molar-refractivity contribution is -0.175. The molecule has 0 spiro atoms. The summed E-state index contributed by atoms with van der Waals surface area (Å²) in [5.74, 6) is 7.89. The fourth-order valence-electron chi connectivity index (χ4n) is 0.440. The van der Waals surface area contributed by atoms with Gasteiger partial charge < -0.3 is 10.2 Å². The van der Waals surface area contributed by atoms with Gasteiger partial charge in [-0.15, -0.1) is 0 Å². The van der Waals surface area contributed by atoms with Gasteiger partial charge in [0.1, 0.15) is 0 Å². The summed E-state index contributed by atoms with van der Waals surface area (Å²) in [6.07, 6.45) is 0. The zero-order chi connectivity index (χ0) is 11.9. The molecule has 7 heteroatoms. The van der Waals surface area contributed by atoms with E-state index in [1.54, 1.807) is 0 Å². The van der Waals surface area contributed by atoms with Crippen LogP contribution in [0.4, 0.5) is 0 Å². The fraction of sp³-hybridized carbons (Fsp3) is 0.250. The minimum atomic E-state index is -2.05. The zero-order valence-corrected chi connectivity index (χ0v) is 11.3. The molecule has 0 saturated heterocycles. The first-order valence-corrected chi connectivity index (χ1v) is 5.34. The number of hydrogen-bond acceptors (Lipinski definition) is 5. The first kappa shape index (κ1) is 14.4. The lowest BCUT2D eigenvalue weighted by Crippen LogP contribution is -2.34. The van der Waals surface area contributed by atoms with Crippen molar-refractivity contribution in [2.24, 2.45) is 0 Å². The summed E-state index contributed by atoms with van der Waals surface area (Å²) in [7, 11) is 0. The van der Waals surface area contributed by atoms with E-state index in [0.29, 0.717) is 0 Å². The molecule has 0 aliphatic carbocycles. The molecule has 76 valence electrons. The largest absolute Gasteiger partial charge is 0.347 e. The molecule has 15 heavy (non-hydrogen) atoms. The number of alkyl halides is 2. The molecular weight excluding hydrogens is 426 g/mol. The molecule has 0 radical (unpaired) electrons. The van der Waals surface area contributed by atoms with Crippen molar-refractivity contribution in [3.8, 4) is 35.8 Å². The molecule has 2 N–H and O–H groups in total. The van der Waals surface area contributed by atoms with E-state index in [1.165, 1.54) is 57.3 Å². The molecule has 0 rings (SSSR count). The maximum Gasteiger partial charge on any atom is 0.289 e. The van der Waals surface area contributed by atoms with E-state index in [2.05, 4.69) is 4.74 Å². The minimum absolute atomic E-state index is 1.37. The highest BCUT2D eigenvalue weighted by Crippen LogP contribution is 2.26. The molecule has 2 atom stereocenters. The van der Waals surface area contributed by atoms with E-state index < -0.39 is 7.59 Å². The second-order valence-electron chi connectivity index (χ2n) is 1.95. The van der Waals surface area contributed by atoms with Crippen LogP contribution in [0, 0.1) is 46.3 Å². The van der Waals surface area contributed by atoms with Crippen LogP contribution in [0.3, 0.4) is 0 Å². The van der Waals surface area contributed by atoms with Gasteiger partial charge in [0.25, 0.3) is 7.59 Å². The van der Waals surface area contributed by atoms with Crippen molar-refractivity contribution in [3.63, 3.8) is 0 Å². The number of rotatable bonds is 2. The summed E-state index contributed by atoms with van der Waals surface area (Å²) < 4.78 is 0.568. The highest BCUT2D eigenvalue weighted by Gasteiger charge is 2.33. The highest BCUT2D eigenvalue weighted by molar-refractivity contribution is 14.1. The number of nitrogens with zero attached hydrogens (tertiary/aromatic N) is 2. The molecule has 0 bridgehead atoms. The van der Waals surface area contributed by atoms with Gasteiger partial charge in [-0.3, -0.25) is 4.74 Å². The average molecular weight is 428 g/mol. The number of nitriles is 2. The Morgan fingerprint density at radius 1 is 0.933 bits per heavy atom. The van der Waals surface area contributed by atoms with E-state index in [-0.39, 0.29) is 0 Å². The second kappa shape index (κ2) is 6.12. The van der Waals surface area contributed by atoms with Crippen LogP contribution in [-0.4, -0.2) is 17.8 Å². The maximum absolute atomic E-state index is 9.40. The summed E-state index contributed by atoms with van der Waals surface area (Å²) >= 11 is 2.74. The van der Waals surface area contributed by atoms with Gasteiger partial charge in [0.2, 0.25) is 0 Å². The average Bonchev–Trinajstić information content (AvgIpc) is 2.10. The lowest BCUT2D eigenvalue weighted by atomic mass is 10.5. The quantitative estimate of drug-likeness (QED) is 0.284. The Morgan fingerprint density at radius 2 is 1.27 bits per heavy atom. The summed E-state index contributed by atoms with van der Waals surface area (Å²) in [6, 6.07) is 2.95. The molecule has 0 aromatic carbocycles. The number of hydrogen-bond donors (Lipinski definition) is 2. The lowest BCUT2D eigenvalue weighted by Gasteiger charge is -2.22. The smallest absolute Gasteiger partial charge is 0.289 e. The first-order chi connectivity index (χ1) is 6.83. The second-order valence-corrected chi connectivity index (χ2v) is 4.87. The predicted octanol–water partition coefficient (Wildman–Crippen LogP) is 0.219. The van der Waals surface area contributed by atoms with Crippen LogP contribution < -0.4 is 0 Å². The molecule has 0 aromatic rings. The molecule has 0 aromatic heterocycles. The van der Waals surface area contributed by atoms with Gasteiger partial charge in [0, 0.05) is 57.0 Å². The molecule has 2 unspecified atom stereocenters. The van der Waals surface area contributed by atoms with E-state index in [4.69, 9.17) is 10.5 Å². The number of aliphatic hydroxyl groups is 2. The molecular formula is C8H2I2N2O3. The van der Waals surface area contributed by atoms with Crippen molar-refractivity contribution in [1.29, 1.82) is 10.5 Å². The maximum atomic E-state index is 9.40. The summed E-state index contributed by atoms with van der Waals surface area (Å²) in [4.78, 5) is 0. The Labute approximate surface area is 113 Å². The topological polar surface area (TPSA) is 97.3 Å². The minimum Gasteiger partial charge on any atom is -0.347 e. The SMILES string of the molecule is N#CC#CC(O)(I)OC(O)(I)C#CC#N. The molecule has 0 fully saturated rings. The molecule has 0 aliphatic rings. The third-order valence-corrected chi connectivity index (χ3v) is 1.80. The van der Waals surface area contributed by atoms with Gasteiger partial charge in [0.15, 0.2) is 12.1 Å². The van der Waals surface area contributed by atoms with Gasteiger partial charge >= 0.3 is 0 Å². The van der Waals surface area contributed by atoms with Crippen LogP contribution in [0.2, 0.25) is 0 Å². The van der Waals surface area contributed by atoms with Crippen LogP contribution in [0.15, 0.2) is 0 Å². The normalized spacial score (nSPS) is 16.1. The Balaban J connectivity index is 4.74. The van der Waals surface area contributed by atoms with E-state index in [1.807, 2.05) is 23.7 Å². The zero-order valence-electron chi connectivity index (χ0n) is 6.95. The van der Waals surface area contributed by atoms with Crippen molar-refractivity contribution >= 4 is 45.2 Å². The van der Waals surface area contributed by atoms with Crippen LogP contribution in [0.5, 0.6) is 0 Å². The Bertz CT molecular complexity index is 395. The van der Waals surface area contributed by atoms with Gasteiger partial charge in [-0.05, 0) is 11.8 Å². The molecule has 0 aliphatic heterocycles. The Kier molecular flexibility index (Phi) is 5.89. The van der Waals surface area contributed by atoms with E-state index in [0.717, 1.165) is 0 Å². The van der Waals surface area contributed by atoms with Gasteiger partial charge in [-0.2, -0.15) is 10.5 Å². The van der Waals surface area contributed by atoms with Gasteiger partial charge in [-0.1, -0.05) is 0 Å². The standard InChI is InChI=1S/C8H2I2N2O3/c9-7(13,3-1-5-11)15-8(10,14)4-2-6-12/h13-14H. The Morgan fingerprint density at radius 3 is 1.53 bits per heavy atom. The van der Waals surface area contributed by atoms with E-state index in [9.17, 15) is 10.2 Å². The first-order valence-electron chi connectivity index (χ1n) is 3.18. The van der Waals surface area contributed by atoms with Crippen LogP contribution in [-0.2, 0) is 4.74 Å². The van der Waals surface area contributed by atoms with Crippen molar-refractivity contribution in [2.75, 3.05) is 0 Å². The van der Waals surface area contributed by atoms with Crippen molar-refractivity contribution in [1.82, 2.24) is 0 Å². The summed E-state index contributed by atoms with van der Waals surface area (Å²) in [5, 5.41) is 35.1. The van der Waals surface area contributed by atoms with Crippen molar-refractivity contribution < 1.29 is 14.9 Å². The predicted molar refractivity (Wildman–Crippen MR) is 65.8 cm³/mol. The van der Waals surface area contributed by atoms with Gasteiger partial charge in [0.05, 0.1) is 0 Å². The molecule has 0 saturated carbocycles. The molecule has 5 nitrogen and oxygen atoms in total. The Hall–Kier alpha value is -0.560. The third-order valence-electron chi connectivity index (χ3n) is 0.816. The van der Waals surface area contributed by atoms with Gasteiger partial charge in [-0.25, -0.2) is 0 Å². The van der Waals surface area contributed by atoms with E-state index >= 15 is 0 Å². The molecule has 0 amide bonds. The highest BCUT2D eigenvalue weighted by atomic mass is 127. The van der Waals surface area contributed by atoms with Crippen LogP contribution in [0.1, 0.15) is 0 Å². The summed E-state index contributed by atoms with van der Waals surface area (Å²) in [5.41, 5.74) is 0. The van der Waals surface area contributed by atoms with Crippen molar-refractivity contribution in [3.05, 3.63) is 0 Å². The third kappa shape index (κ3) is 7.38. The van der Waals surface area contributed by atoms with Crippen LogP contribution >= 0.6 is 45.2 Å². The fourth-order valence-corrected chi connectivity index (χ4v) is 1.77. The summed E-state index contributed by atoms with van der Waals surface area (Å²) in [6.45, 7) is 0. The number of halogens is 2. The number of ether oxygens (including phenoxy) is 1. The molecule has 0 heterocycles. The van der Waals surface area contributed by atoms with Crippen LogP contribution in [0.25, 0.3) is 0 Å².